The maximum atomic E-state index is 11.9. The van der Waals surface area contributed by atoms with Crippen molar-refractivity contribution in [2.24, 2.45) is 11.3 Å². The summed E-state index contributed by atoms with van der Waals surface area (Å²) in [6.45, 7) is 4.91. The number of Topliss-reactive ketones (excluding diaryl/α,β-unsaturated/α-hetero) is 1. The molecule has 0 aromatic carbocycles. The van der Waals surface area contributed by atoms with E-state index in [9.17, 15) is 19.8 Å². The number of aliphatic hydroxyl groups excluding tert-OH is 1. The van der Waals surface area contributed by atoms with Crippen molar-refractivity contribution in [3.8, 4) is 0 Å². The number of allylic oxidation sites excluding steroid dienone is 1. The number of hydrogen-bond acceptors (Lipinski definition) is 4. The van der Waals surface area contributed by atoms with Crippen molar-refractivity contribution < 1.29 is 24.9 Å². The molecule has 0 aromatic heterocycles. The minimum absolute atomic E-state index is 0.00661. The van der Waals surface area contributed by atoms with Crippen LogP contribution in [0.25, 0.3) is 0 Å². The molecule has 5 nitrogen and oxygen atoms in total. The van der Waals surface area contributed by atoms with Gasteiger partial charge >= 0.3 is 5.97 Å². The van der Waals surface area contributed by atoms with Crippen molar-refractivity contribution in [1.82, 2.24) is 0 Å². The van der Waals surface area contributed by atoms with Crippen LogP contribution in [0.5, 0.6) is 0 Å². The first-order valence-corrected chi connectivity index (χ1v) is 6.99. The standard InChI is InChI=1S/C15H22O5/c1-8-10(16)5-7-14(2)6-4-9(12(17)11(8)14)15(3,20)13(18)19/h9,12,17,20H,4-7H2,1-3H3,(H,18,19)/t9-,12+,14-,15?/m1/s1. The molecule has 5 heteroatoms. The summed E-state index contributed by atoms with van der Waals surface area (Å²) < 4.78 is 0. The minimum atomic E-state index is -1.99. The van der Waals surface area contributed by atoms with Crippen LogP contribution < -0.4 is 0 Å². The second-order valence-electron chi connectivity index (χ2n) is 6.57. The second kappa shape index (κ2) is 4.67. The number of fused-ring (bicyclic) bond motifs is 1. The number of carbonyl (C=O) groups is 2. The number of hydrogen-bond donors (Lipinski definition) is 3. The Bertz CT molecular complexity index is 490. The highest BCUT2D eigenvalue weighted by Crippen LogP contribution is 2.52. The van der Waals surface area contributed by atoms with Crippen LogP contribution >= 0.6 is 0 Å². The molecule has 0 amide bonds. The number of aliphatic carboxylic acids is 1. The summed E-state index contributed by atoms with van der Waals surface area (Å²) in [6, 6.07) is 0. The molecule has 0 radical (unpaired) electrons. The number of ketones is 1. The lowest BCUT2D eigenvalue weighted by atomic mass is 9.58. The lowest BCUT2D eigenvalue weighted by Gasteiger charge is -2.48. The molecule has 0 aromatic rings. The highest BCUT2D eigenvalue weighted by atomic mass is 16.4. The van der Waals surface area contributed by atoms with Crippen LogP contribution in [0.1, 0.15) is 46.5 Å². The molecule has 0 saturated heterocycles. The van der Waals surface area contributed by atoms with E-state index in [2.05, 4.69) is 0 Å². The van der Waals surface area contributed by atoms with Crippen molar-refractivity contribution in [1.29, 1.82) is 0 Å². The Morgan fingerprint density at radius 3 is 2.55 bits per heavy atom. The van der Waals surface area contributed by atoms with Gasteiger partial charge in [-0.05, 0) is 49.7 Å². The molecule has 112 valence electrons. The van der Waals surface area contributed by atoms with Gasteiger partial charge in [-0.25, -0.2) is 4.79 Å². The fourth-order valence-electron chi connectivity index (χ4n) is 3.73. The summed E-state index contributed by atoms with van der Waals surface area (Å²) in [4.78, 5) is 23.1. The van der Waals surface area contributed by atoms with Crippen molar-refractivity contribution in [3.05, 3.63) is 11.1 Å². The van der Waals surface area contributed by atoms with Gasteiger partial charge in [0.15, 0.2) is 11.4 Å². The third-order valence-corrected chi connectivity index (χ3v) is 5.22. The van der Waals surface area contributed by atoms with Gasteiger partial charge in [0.25, 0.3) is 0 Å². The molecule has 20 heavy (non-hydrogen) atoms. The van der Waals surface area contributed by atoms with Gasteiger partial charge in [-0.2, -0.15) is 0 Å². The number of aliphatic hydroxyl groups is 2. The van der Waals surface area contributed by atoms with Gasteiger partial charge in [-0.15, -0.1) is 0 Å². The number of carboxylic acid groups (broad SMARTS) is 1. The molecule has 0 heterocycles. The normalized spacial score (nSPS) is 37.4. The average molecular weight is 282 g/mol. The molecule has 2 aliphatic carbocycles. The zero-order valence-corrected chi connectivity index (χ0v) is 12.1. The Balaban J connectivity index is 2.45. The Kier molecular flexibility index (Phi) is 3.55. The smallest absolute Gasteiger partial charge is 0.335 e. The predicted octanol–water partition coefficient (Wildman–Crippen LogP) is 1.28. The maximum absolute atomic E-state index is 11.9. The maximum Gasteiger partial charge on any atom is 0.335 e. The fraction of sp³-hybridized carbons (Fsp3) is 0.733. The van der Waals surface area contributed by atoms with E-state index in [1.807, 2.05) is 6.92 Å². The van der Waals surface area contributed by atoms with Crippen LogP contribution in [0.2, 0.25) is 0 Å². The van der Waals surface area contributed by atoms with Crippen LogP contribution in [0, 0.1) is 11.3 Å². The number of rotatable bonds is 2. The van der Waals surface area contributed by atoms with E-state index in [1.165, 1.54) is 6.92 Å². The zero-order chi connectivity index (χ0) is 15.3. The van der Waals surface area contributed by atoms with E-state index in [-0.39, 0.29) is 11.2 Å². The Labute approximate surface area is 118 Å². The highest BCUT2D eigenvalue weighted by molar-refractivity contribution is 5.97. The number of carboxylic acids is 1. The summed E-state index contributed by atoms with van der Waals surface area (Å²) in [7, 11) is 0. The molecular formula is C15H22O5. The Hall–Kier alpha value is -1.20. The van der Waals surface area contributed by atoms with Crippen molar-refractivity contribution >= 4 is 11.8 Å². The van der Waals surface area contributed by atoms with E-state index in [0.29, 0.717) is 36.8 Å². The monoisotopic (exact) mass is 282 g/mol. The molecule has 1 saturated carbocycles. The summed E-state index contributed by atoms with van der Waals surface area (Å²) in [5, 5.41) is 29.9. The molecule has 2 rings (SSSR count). The first-order chi connectivity index (χ1) is 9.11. The van der Waals surface area contributed by atoms with E-state index < -0.39 is 23.6 Å². The summed E-state index contributed by atoms with van der Waals surface area (Å²) in [5.41, 5.74) is -1.08. The average Bonchev–Trinajstić information content (AvgIpc) is 2.34. The molecule has 0 spiro atoms. The lowest BCUT2D eigenvalue weighted by Crippen LogP contribution is -2.54. The Morgan fingerprint density at radius 2 is 2.00 bits per heavy atom. The van der Waals surface area contributed by atoms with Gasteiger partial charge in [0.2, 0.25) is 0 Å². The molecule has 1 unspecified atom stereocenters. The lowest BCUT2D eigenvalue weighted by molar-refractivity contribution is -0.169. The Morgan fingerprint density at radius 1 is 1.40 bits per heavy atom. The third-order valence-electron chi connectivity index (χ3n) is 5.22. The third kappa shape index (κ3) is 2.09. The van der Waals surface area contributed by atoms with Crippen LogP contribution in [0.15, 0.2) is 11.1 Å². The van der Waals surface area contributed by atoms with Crippen LogP contribution in [-0.2, 0) is 9.59 Å². The fourth-order valence-corrected chi connectivity index (χ4v) is 3.73. The molecule has 2 aliphatic rings. The summed E-state index contributed by atoms with van der Waals surface area (Å²) in [6.07, 6.45) is 1.18. The summed E-state index contributed by atoms with van der Waals surface area (Å²) >= 11 is 0. The quantitative estimate of drug-likeness (QED) is 0.709. The van der Waals surface area contributed by atoms with E-state index >= 15 is 0 Å². The molecule has 1 fully saturated rings. The van der Waals surface area contributed by atoms with Gasteiger partial charge in [0.05, 0.1) is 6.10 Å². The number of carbonyl (C=O) groups excluding carboxylic acids is 1. The zero-order valence-electron chi connectivity index (χ0n) is 12.1. The van der Waals surface area contributed by atoms with E-state index in [4.69, 9.17) is 5.11 Å². The SMILES string of the molecule is CC1=C2[C@@H](O)[C@H](C(C)(O)C(=O)O)CC[C@]2(C)CCC1=O. The van der Waals surface area contributed by atoms with Gasteiger partial charge < -0.3 is 15.3 Å². The first kappa shape index (κ1) is 15.2. The molecule has 0 aliphatic heterocycles. The second-order valence-corrected chi connectivity index (χ2v) is 6.57. The topological polar surface area (TPSA) is 94.8 Å². The van der Waals surface area contributed by atoms with E-state index in [0.717, 1.165) is 0 Å². The molecule has 4 atom stereocenters. The first-order valence-electron chi connectivity index (χ1n) is 6.99. The van der Waals surface area contributed by atoms with Crippen molar-refractivity contribution in [3.63, 3.8) is 0 Å². The van der Waals surface area contributed by atoms with Gasteiger partial charge in [-0.3, -0.25) is 4.79 Å². The summed E-state index contributed by atoms with van der Waals surface area (Å²) in [5.74, 6) is -2.12. The van der Waals surface area contributed by atoms with Gasteiger partial charge in [-0.1, -0.05) is 6.92 Å². The van der Waals surface area contributed by atoms with Crippen LogP contribution in [-0.4, -0.2) is 38.8 Å². The predicted molar refractivity (Wildman–Crippen MR) is 72.0 cm³/mol. The highest BCUT2D eigenvalue weighted by Gasteiger charge is 2.52. The van der Waals surface area contributed by atoms with E-state index in [1.54, 1.807) is 6.92 Å². The van der Waals surface area contributed by atoms with Crippen molar-refractivity contribution in [2.45, 2.75) is 58.2 Å². The van der Waals surface area contributed by atoms with Crippen molar-refractivity contribution in [2.75, 3.05) is 0 Å². The van der Waals surface area contributed by atoms with Gasteiger partial charge in [0.1, 0.15) is 0 Å². The van der Waals surface area contributed by atoms with Crippen LogP contribution in [0.3, 0.4) is 0 Å². The molecule has 3 N–H and O–H groups in total. The van der Waals surface area contributed by atoms with Crippen LogP contribution in [0.4, 0.5) is 0 Å². The molecular weight excluding hydrogens is 260 g/mol. The molecule has 0 bridgehead atoms. The minimum Gasteiger partial charge on any atom is -0.479 e. The largest absolute Gasteiger partial charge is 0.479 e. The van der Waals surface area contributed by atoms with Gasteiger partial charge in [0, 0.05) is 12.3 Å².